The van der Waals surface area contributed by atoms with Crippen molar-refractivity contribution in [3.05, 3.63) is 46.3 Å². The number of nitrogens with two attached hydrogens (primary N) is 1. The van der Waals surface area contributed by atoms with E-state index in [-0.39, 0.29) is 34.0 Å². The first kappa shape index (κ1) is 27.5. The van der Waals surface area contributed by atoms with Crippen LogP contribution in [0.1, 0.15) is 5.56 Å². The average molecular weight is 632 g/mol. The molecule has 9 nitrogen and oxygen atoms in total. The van der Waals surface area contributed by atoms with Crippen LogP contribution < -0.4 is 16.3 Å². The first-order valence-electron chi connectivity index (χ1n) is 13.1. The first-order valence-corrected chi connectivity index (χ1v) is 16.2. The lowest BCUT2D eigenvalue weighted by Crippen LogP contribution is -2.49. The SMILES string of the molecule is C=CC(=O)N1CCN(c2nc(=O)n3c4c(c(-c5scc6cnc(N)nc56)c(C(F)(F)F)cc24)SCC2(CSC2)C3)CC1. The number of nitrogens with zero attached hydrogens (tertiary/aromatic N) is 6. The summed E-state index contributed by atoms with van der Waals surface area (Å²) in [5.74, 6) is 2.16. The second kappa shape index (κ2) is 9.88. The highest BCUT2D eigenvalue weighted by Crippen LogP contribution is 2.54. The number of halogens is 3. The number of benzene rings is 1. The fourth-order valence-corrected chi connectivity index (χ4v) is 9.81. The Hall–Kier alpha value is -3.30. The van der Waals surface area contributed by atoms with Crippen LogP contribution in [0.5, 0.6) is 0 Å². The quantitative estimate of drug-likeness (QED) is 0.330. The van der Waals surface area contributed by atoms with Crippen LogP contribution in [0.4, 0.5) is 24.9 Å². The number of aromatic nitrogens is 4. The fourth-order valence-electron chi connectivity index (χ4n) is 5.84. The first-order chi connectivity index (χ1) is 20.1. The Morgan fingerprint density at radius 1 is 1.14 bits per heavy atom. The number of nitrogen functional groups attached to an aromatic ring is 1. The van der Waals surface area contributed by atoms with Gasteiger partial charge in [-0.15, -0.1) is 23.1 Å². The lowest BCUT2D eigenvalue weighted by atomic mass is 9.94. The third kappa shape index (κ3) is 4.35. The molecular formula is C27H24F3N7O2S3. The van der Waals surface area contributed by atoms with Crippen LogP contribution in [0.15, 0.2) is 40.0 Å². The number of rotatable bonds is 3. The molecular weight excluding hydrogens is 608 g/mol. The highest BCUT2D eigenvalue weighted by Gasteiger charge is 2.44. The number of carbonyl (C=O) groups excluding carboxylic acids is 1. The third-order valence-corrected chi connectivity index (χ3v) is 12.1. The number of carbonyl (C=O) groups is 1. The largest absolute Gasteiger partial charge is 0.417 e. The molecule has 3 aromatic heterocycles. The summed E-state index contributed by atoms with van der Waals surface area (Å²) >= 11 is 4.29. The van der Waals surface area contributed by atoms with Crippen molar-refractivity contribution in [2.24, 2.45) is 5.41 Å². The molecule has 3 aliphatic rings. The monoisotopic (exact) mass is 631 g/mol. The number of thiophene rings is 1. The molecule has 0 bridgehead atoms. The van der Waals surface area contributed by atoms with Crippen molar-refractivity contribution in [3.63, 3.8) is 0 Å². The topological polar surface area (TPSA) is 110 Å². The lowest BCUT2D eigenvalue weighted by Gasteiger charge is -2.40. The summed E-state index contributed by atoms with van der Waals surface area (Å²) in [5, 5.41) is 2.59. The highest BCUT2D eigenvalue weighted by atomic mass is 32.2. The van der Waals surface area contributed by atoms with E-state index in [1.807, 2.05) is 0 Å². The van der Waals surface area contributed by atoms with Crippen molar-refractivity contribution >= 4 is 74.3 Å². The van der Waals surface area contributed by atoms with Gasteiger partial charge in [0.1, 0.15) is 5.82 Å². The molecule has 4 aromatic rings. The lowest BCUT2D eigenvalue weighted by molar-refractivity contribution is -0.137. The Kier molecular flexibility index (Phi) is 6.47. The number of fused-ring (bicyclic) bond motifs is 1. The van der Waals surface area contributed by atoms with Crippen LogP contribution in [0.2, 0.25) is 0 Å². The fraction of sp³-hybridized carbons (Fsp3) is 0.370. The Morgan fingerprint density at radius 3 is 2.57 bits per heavy atom. The molecule has 0 aliphatic carbocycles. The van der Waals surface area contributed by atoms with Crippen LogP contribution in [-0.2, 0) is 17.5 Å². The molecule has 2 saturated heterocycles. The third-order valence-electron chi connectivity index (χ3n) is 7.98. The van der Waals surface area contributed by atoms with Crippen molar-refractivity contribution < 1.29 is 18.0 Å². The Labute approximate surface area is 250 Å². The van der Waals surface area contributed by atoms with E-state index in [2.05, 4.69) is 21.5 Å². The molecule has 0 atom stereocenters. The number of hydrogen-bond acceptors (Lipinski definition) is 10. The van der Waals surface area contributed by atoms with Crippen LogP contribution in [0.25, 0.3) is 32.2 Å². The van der Waals surface area contributed by atoms with Crippen LogP contribution in [0.3, 0.4) is 0 Å². The molecule has 3 aliphatic heterocycles. The van der Waals surface area contributed by atoms with Crippen molar-refractivity contribution in [3.8, 4) is 10.4 Å². The molecule has 1 spiro atoms. The summed E-state index contributed by atoms with van der Waals surface area (Å²) in [6.07, 6.45) is -1.97. The van der Waals surface area contributed by atoms with Crippen molar-refractivity contribution in [1.82, 2.24) is 24.4 Å². The summed E-state index contributed by atoms with van der Waals surface area (Å²) in [4.78, 5) is 42.7. The van der Waals surface area contributed by atoms with E-state index in [1.54, 1.807) is 31.5 Å². The summed E-state index contributed by atoms with van der Waals surface area (Å²) < 4.78 is 46.7. The summed E-state index contributed by atoms with van der Waals surface area (Å²) in [6.45, 7) is 5.24. The molecule has 6 heterocycles. The number of piperazine rings is 1. The maximum absolute atomic E-state index is 15.0. The van der Waals surface area contributed by atoms with Crippen LogP contribution in [-0.4, -0.2) is 73.8 Å². The number of amides is 1. The van der Waals surface area contributed by atoms with Gasteiger partial charge in [0.25, 0.3) is 0 Å². The zero-order valence-electron chi connectivity index (χ0n) is 22.1. The van der Waals surface area contributed by atoms with Gasteiger partial charge in [-0.2, -0.15) is 29.9 Å². The maximum Gasteiger partial charge on any atom is 0.417 e. The Morgan fingerprint density at radius 2 is 1.90 bits per heavy atom. The highest BCUT2D eigenvalue weighted by molar-refractivity contribution is 8.01. The van der Waals surface area contributed by atoms with E-state index in [0.29, 0.717) is 64.7 Å². The van der Waals surface area contributed by atoms with Gasteiger partial charge in [-0.3, -0.25) is 9.36 Å². The van der Waals surface area contributed by atoms with Gasteiger partial charge in [-0.05, 0) is 12.1 Å². The normalized spacial score (nSPS) is 18.4. The molecule has 0 radical (unpaired) electrons. The summed E-state index contributed by atoms with van der Waals surface area (Å²) in [6, 6.07) is 1.14. The van der Waals surface area contributed by atoms with E-state index in [4.69, 9.17) is 5.73 Å². The molecule has 15 heteroatoms. The summed E-state index contributed by atoms with van der Waals surface area (Å²) in [5.41, 5.74) is 5.15. The molecule has 218 valence electrons. The second-order valence-corrected chi connectivity index (χ2v) is 13.6. The van der Waals surface area contributed by atoms with Crippen molar-refractivity contribution in [2.45, 2.75) is 17.6 Å². The van der Waals surface area contributed by atoms with Crippen molar-refractivity contribution in [1.29, 1.82) is 0 Å². The number of alkyl halides is 3. The van der Waals surface area contributed by atoms with E-state index in [9.17, 15) is 9.59 Å². The number of thioether (sulfide) groups is 2. The Bertz CT molecular complexity index is 1840. The minimum absolute atomic E-state index is 0.00817. The van der Waals surface area contributed by atoms with E-state index in [0.717, 1.165) is 28.9 Å². The zero-order chi connectivity index (χ0) is 29.4. The number of anilines is 2. The minimum Gasteiger partial charge on any atom is -0.368 e. The van der Waals surface area contributed by atoms with E-state index < -0.39 is 17.4 Å². The smallest absolute Gasteiger partial charge is 0.368 e. The molecule has 7 rings (SSSR count). The maximum atomic E-state index is 15.0. The Balaban J connectivity index is 1.51. The second-order valence-electron chi connectivity index (χ2n) is 10.7. The average Bonchev–Trinajstić information content (AvgIpc) is 3.25. The van der Waals surface area contributed by atoms with Gasteiger partial charge in [0, 0.05) is 88.2 Å². The van der Waals surface area contributed by atoms with Gasteiger partial charge in [0.15, 0.2) is 0 Å². The summed E-state index contributed by atoms with van der Waals surface area (Å²) in [7, 11) is 0. The molecule has 2 N–H and O–H groups in total. The van der Waals surface area contributed by atoms with Gasteiger partial charge >= 0.3 is 11.9 Å². The van der Waals surface area contributed by atoms with Crippen molar-refractivity contribution in [2.75, 3.05) is 54.1 Å². The zero-order valence-corrected chi connectivity index (χ0v) is 24.6. The molecule has 0 saturated carbocycles. The molecule has 1 amide bonds. The molecule has 0 unspecified atom stereocenters. The van der Waals surface area contributed by atoms with Gasteiger partial charge in [0.05, 0.1) is 21.5 Å². The standard InChI is InChI=1S/C27H24F3N7O2S3/c1-2-17(38)35-3-5-36(6-4-35)23-15-7-16(27(28,29)30)18(21-19-14(9-41-21)8-32-24(31)33-19)22-20(15)37(25(39)34-23)10-26(13-42-22)11-40-12-26/h2,7-9H,1,3-6,10-13H2,(H2,31,33). The minimum atomic E-state index is -4.71. The molecule has 1 aromatic carbocycles. The number of hydrogen-bond donors (Lipinski definition) is 1. The molecule has 2 fully saturated rings. The predicted octanol–water partition coefficient (Wildman–Crippen LogP) is 4.34. The predicted molar refractivity (Wildman–Crippen MR) is 161 cm³/mol. The van der Waals surface area contributed by atoms with Gasteiger partial charge in [-0.25, -0.2) is 14.8 Å². The van der Waals surface area contributed by atoms with Crippen LogP contribution in [0, 0.1) is 5.41 Å². The van der Waals surface area contributed by atoms with Gasteiger partial charge < -0.3 is 15.5 Å². The molecule has 42 heavy (non-hydrogen) atoms. The van der Waals surface area contributed by atoms with E-state index in [1.165, 1.54) is 24.0 Å². The van der Waals surface area contributed by atoms with E-state index >= 15 is 13.2 Å². The van der Waals surface area contributed by atoms with Gasteiger partial charge in [-0.1, -0.05) is 6.58 Å². The van der Waals surface area contributed by atoms with Gasteiger partial charge in [0.2, 0.25) is 11.9 Å². The van der Waals surface area contributed by atoms with Crippen LogP contribution >= 0.6 is 34.9 Å².